The van der Waals surface area contributed by atoms with Crippen molar-refractivity contribution in [2.24, 2.45) is 0 Å². The molecule has 4 nitrogen and oxygen atoms in total. The third-order valence-electron chi connectivity index (χ3n) is 4.07. The fourth-order valence-corrected chi connectivity index (χ4v) is 2.97. The lowest BCUT2D eigenvalue weighted by Crippen LogP contribution is -2.46. The molecular weight excluding hydrogens is 335 g/mol. The Morgan fingerprint density at radius 1 is 1.22 bits per heavy atom. The molecule has 1 heterocycles. The molecule has 1 aliphatic heterocycles. The standard InChI is InChI=1S/C17H22Cl2N2O2/c1-2-3-4-16(22)20-13-7-9-21(10-8-13)17(23)12-5-6-14(18)15(19)11-12/h5-6,11,13H,2-4,7-10H2,1H3,(H,20,22). The van der Waals surface area contributed by atoms with Gasteiger partial charge in [0, 0.05) is 31.1 Å². The summed E-state index contributed by atoms with van der Waals surface area (Å²) in [6, 6.07) is 5.09. The predicted molar refractivity (Wildman–Crippen MR) is 93.1 cm³/mol. The molecule has 1 aliphatic rings. The van der Waals surface area contributed by atoms with Crippen LogP contribution in [0.1, 0.15) is 49.4 Å². The number of rotatable bonds is 5. The van der Waals surface area contributed by atoms with Crippen LogP contribution in [0.5, 0.6) is 0 Å². The number of likely N-dealkylation sites (tertiary alicyclic amines) is 1. The molecule has 0 unspecified atom stereocenters. The van der Waals surface area contributed by atoms with E-state index in [0.29, 0.717) is 35.1 Å². The molecule has 1 fully saturated rings. The molecule has 0 aromatic heterocycles. The minimum atomic E-state index is -0.0423. The average molecular weight is 357 g/mol. The highest BCUT2D eigenvalue weighted by Crippen LogP contribution is 2.24. The fourth-order valence-electron chi connectivity index (χ4n) is 2.68. The zero-order valence-electron chi connectivity index (χ0n) is 13.3. The van der Waals surface area contributed by atoms with Gasteiger partial charge in [0.2, 0.25) is 5.91 Å². The Hall–Kier alpha value is -1.26. The fraction of sp³-hybridized carbons (Fsp3) is 0.529. The van der Waals surface area contributed by atoms with Gasteiger partial charge in [-0.2, -0.15) is 0 Å². The van der Waals surface area contributed by atoms with E-state index in [0.717, 1.165) is 25.7 Å². The molecule has 1 aromatic rings. The Morgan fingerprint density at radius 2 is 1.91 bits per heavy atom. The van der Waals surface area contributed by atoms with E-state index in [1.807, 2.05) is 0 Å². The second-order valence-corrected chi connectivity index (χ2v) is 6.68. The number of amides is 2. The highest BCUT2D eigenvalue weighted by atomic mass is 35.5. The molecule has 0 radical (unpaired) electrons. The van der Waals surface area contributed by atoms with E-state index in [2.05, 4.69) is 12.2 Å². The first-order valence-electron chi connectivity index (χ1n) is 8.05. The van der Waals surface area contributed by atoms with Gasteiger partial charge in [-0.05, 0) is 37.5 Å². The van der Waals surface area contributed by atoms with Crippen LogP contribution in [-0.4, -0.2) is 35.8 Å². The highest BCUT2D eigenvalue weighted by molar-refractivity contribution is 6.42. The molecule has 1 N–H and O–H groups in total. The summed E-state index contributed by atoms with van der Waals surface area (Å²) >= 11 is 11.8. The quantitative estimate of drug-likeness (QED) is 0.869. The van der Waals surface area contributed by atoms with Crippen molar-refractivity contribution in [3.05, 3.63) is 33.8 Å². The summed E-state index contributed by atoms with van der Waals surface area (Å²) in [4.78, 5) is 26.0. The number of hydrogen-bond acceptors (Lipinski definition) is 2. The summed E-state index contributed by atoms with van der Waals surface area (Å²) in [5, 5.41) is 3.88. The van der Waals surface area contributed by atoms with Gasteiger partial charge in [0.15, 0.2) is 0 Å². The van der Waals surface area contributed by atoms with Gasteiger partial charge in [-0.25, -0.2) is 0 Å². The van der Waals surface area contributed by atoms with Crippen molar-refractivity contribution in [3.8, 4) is 0 Å². The number of nitrogens with one attached hydrogen (secondary N) is 1. The minimum Gasteiger partial charge on any atom is -0.353 e. The second-order valence-electron chi connectivity index (χ2n) is 5.87. The summed E-state index contributed by atoms with van der Waals surface area (Å²) in [6.07, 6.45) is 4.08. The first kappa shape index (κ1) is 18.1. The van der Waals surface area contributed by atoms with Crippen LogP contribution in [-0.2, 0) is 4.79 Å². The number of nitrogens with zero attached hydrogens (tertiary/aromatic N) is 1. The van der Waals surface area contributed by atoms with Crippen LogP contribution in [0, 0.1) is 0 Å². The molecule has 0 atom stereocenters. The number of carbonyl (C=O) groups is 2. The van der Waals surface area contributed by atoms with Crippen molar-refractivity contribution < 1.29 is 9.59 Å². The van der Waals surface area contributed by atoms with Crippen LogP contribution in [0.3, 0.4) is 0 Å². The van der Waals surface area contributed by atoms with Crippen LogP contribution in [0.25, 0.3) is 0 Å². The summed E-state index contributed by atoms with van der Waals surface area (Å²) in [5.74, 6) is 0.0698. The van der Waals surface area contributed by atoms with Crippen molar-refractivity contribution >= 4 is 35.0 Å². The lowest BCUT2D eigenvalue weighted by Gasteiger charge is -2.32. The number of benzene rings is 1. The van der Waals surface area contributed by atoms with E-state index in [4.69, 9.17) is 23.2 Å². The molecule has 1 aromatic carbocycles. The van der Waals surface area contributed by atoms with Crippen molar-refractivity contribution in [2.45, 2.75) is 45.1 Å². The van der Waals surface area contributed by atoms with Gasteiger partial charge in [-0.1, -0.05) is 36.5 Å². The Balaban J connectivity index is 1.85. The average Bonchev–Trinajstić information content (AvgIpc) is 2.55. The van der Waals surface area contributed by atoms with Gasteiger partial charge >= 0.3 is 0 Å². The van der Waals surface area contributed by atoms with Crippen LogP contribution >= 0.6 is 23.2 Å². The van der Waals surface area contributed by atoms with E-state index < -0.39 is 0 Å². The summed E-state index contributed by atoms with van der Waals surface area (Å²) in [5.41, 5.74) is 0.546. The van der Waals surface area contributed by atoms with E-state index in [-0.39, 0.29) is 17.9 Å². The maximum absolute atomic E-state index is 12.5. The normalized spacial score (nSPS) is 15.5. The van der Waals surface area contributed by atoms with Gasteiger partial charge in [0.1, 0.15) is 0 Å². The largest absolute Gasteiger partial charge is 0.353 e. The van der Waals surface area contributed by atoms with Gasteiger partial charge in [0.25, 0.3) is 5.91 Å². The number of halogens is 2. The van der Waals surface area contributed by atoms with Crippen LogP contribution in [0.15, 0.2) is 18.2 Å². The van der Waals surface area contributed by atoms with Crippen LogP contribution in [0.2, 0.25) is 10.0 Å². The summed E-state index contributed by atoms with van der Waals surface area (Å²) in [7, 11) is 0. The number of hydrogen-bond donors (Lipinski definition) is 1. The molecule has 126 valence electrons. The molecular formula is C17H22Cl2N2O2. The third-order valence-corrected chi connectivity index (χ3v) is 4.81. The van der Waals surface area contributed by atoms with Crippen molar-refractivity contribution in [1.82, 2.24) is 10.2 Å². The summed E-state index contributed by atoms with van der Waals surface area (Å²) < 4.78 is 0. The molecule has 1 saturated heterocycles. The maximum atomic E-state index is 12.5. The maximum Gasteiger partial charge on any atom is 0.253 e. The number of unbranched alkanes of at least 4 members (excludes halogenated alkanes) is 1. The number of piperidine rings is 1. The van der Waals surface area contributed by atoms with Crippen molar-refractivity contribution in [1.29, 1.82) is 0 Å². The molecule has 0 spiro atoms. The lowest BCUT2D eigenvalue weighted by atomic mass is 10.0. The van der Waals surface area contributed by atoms with Gasteiger partial charge in [-0.15, -0.1) is 0 Å². The first-order valence-corrected chi connectivity index (χ1v) is 8.80. The van der Waals surface area contributed by atoms with Crippen molar-refractivity contribution in [3.63, 3.8) is 0 Å². The smallest absolute Gasteiger partial charge is 0.253 e. The second kappa shape index (κ2) is 8.55. The van der Waals surface area contributed by atoms with Gasteiger partial charge < -0.3 is 10.2 Å². The molecule has 2 amide bonds. The monoisotopic (exact) mass is 356 g/mol. The lowest BCUT2D eigenvalue weighted by molar-refractivity contribution is -0.122. The zero-order valence-corrected chi connectivity index (χ0v) is 14.8. The SMILES string of the molecule is CCCCC(=O)NC1CCN(C(=O)c2ccc(Cl)c(Cl)c2)CC1. The number of carbonyl (C=O) groups excluding carboxylic acids is 2. The predicted octanol–water partition coefficient (Wildman–Crippen LogP) is 3.90. The van der Waals surface area contributed by atoms with E-state index in [1.165, 1.54) is 0 Å². The molecule has 0 aliphatic carbocycles. The van der Waals surface area contributed by atoms with Crippen LogP contribution in [0.4, 0.5) is 0 Å². The van der Waals surface area contributed by atoms with Gasteiger partial charge in [0.05, 0.1) is 10.0 Å². The van der Waals surface area contributed by atoms with Crippen molar-refractivity contribution in [2.75, 3.05) is 13.1 Å². The summed E-state index contributed by atoms with van der Waals surface area (Å²) in [6.45, 7) is 3.34. The molecule has 2 rings (SSSR count). The highest BCUT2D eigenvalue weighted by Gasteiger charge is 2.24. The minimum absolute atomic E-state index is 0.0423. The molecule has 0 bridgehead atoms. The molecule has 6 heteroatoms. The topological polar surface area (TPSA) is 49.4 Å². The van der Waals surface area contributed by atoms with E-state index in [1.54, 1.807) is 23.1 Å². The van der Waals surface area contributed by atoms with E-state index in [9.17, 15) is 9.59 Å². The first-order chi connectivity index (χ1) is 11.0. The Bertz CT molecular complexity index is 570. The molecule has 23 heavy (non-hydrogen) atoms. The Kier molecular flexibility index (Phi) is 6.72. The third kappa shape index (κ3) is 5.11. The van der Waals surface area contributed by atoms with Crippen LogP contribution < -0.4 is 5.32 Å². The van der Waals surface area contributed by atoms with E-state index >= 15 is 0 Å². The zero-order chi connectivity index (χ0) is 16.8. The Labute approximate surface area is 147 Å². The Morgan fingerprint density at radius 3 is 2.52 bits per heavy atom. The molecule has 0 saturated carbocycles. The van der Waals surface area contributed by atoms with Gasteiger partial charge in [-0.3, -0.25) is 9.59 Å².